The van der Waals surface area contributed by atoms with Crippen molar-refractivity contribution < 1.29 is 4.79 Å². The molecule has 0 aliphatic heterocycles. The zero-order valence-electron chi connectivity index (χ0n) is 18.0. The van der Waals surface area contributed by atoms with Crippen molar-refractivity contribution in [2.45, 2.75) is 30.6 Å². The molecule has 3 nitrogen and oxygen atoms in total. The van der Waals surface area contributed by atoms with Gasteiger partial charge in [-0.1, -0.05) is 66.7 Å². The second-order valence-electron chi connectivity index (χ2n) is 9.66. The van der Waals surface area contributed by atoms with E-state index in [0.717, 1.165) is 17.9 Å². The Morgan fingerprint density at radius 2 is 1.53 bits per heavy atom. The fourth-order valence-electron chi connectivity index (χ4n) is 7.14. The van der Waals surface area contributed by atoms with Gasteiger partial charge in [-0.25, -0.2) is 0 Å². The van der Waals surface area contributed by atoms with Crippen molar-refractivity contribution in [3.05, 3.63) is 119 Å². The van der Waals surface area contributed by atoms with Gasteiger partial charge in [0.15, 0.2) is 0 Å². The SMILES string of the molecule is CC1(C(=O)Nc2cccn2-c2ccccc2)CC2c3ccccc3C3c4ccccc4C231. The normalized spacial score (nSPS) is 28.4. The topological polar surface area (TPSA) is 34.0 Å². The molecular weight excluding hydrogens is 392 g/mol. The van der Waals surface area contributed by atoms with Crippen molar-refractivity contribution in [1.29, 1.82) is 0 Å². The van der Waals surface area contributed by atoms with Crippen molar-refractivity contribution >= 4 is 11.7 Å². The van der Waals surface area contributed by atoms with Crippen LogP contribution in [0.15, 0.2) is 97.2 Å². The largest absolute Gasteiger partial charge is 0.311 e. The van der Waals surface area contributed by atoms with Crippen LogP contribution in [0.4, 0.5) is 5.82 Å². The van der Waals surface area contributed by atoms with Gasteiger partial charge in [-0.05, 0) is 65.8 Å². The molecule has 1 saturated carbocycles. The smallest absolute Gasteiger partial charge is 0.232 e. The Bertz CT molecular complexity index is 1390. The maximum atomic E-state index is 14.0. The number of hydrogen-bond acceptors (Lipinski definition) is 1. The minimum Gasteiger partial charge on any atom is -0.311 e. The Kier molecular flexibility index (Phi) is 3.38. The highest BCUT2D eigenvalue weighted by Crippen LogP contribution is 2.81. The van der Waals surface area contributed by atoms with Crippen LogP contribution in [0.25, 0.3) is 5.69 Å². The quantitative estimate of drug-likeness (QED) is 0.436. The highest BCUT2D eigenvalue weighted by Gasteiger charge is 2.78. The van der Waals surface area contributed by atoms with Crippen LogP contribution >= 0.6 is 0 Å². The number of rotatable bonds is 3. The van der Waals surface area contributed by atoms with Gasteiger partial charge in [-0.3, -0.25) is 4.79 Å². The number of para-hydroxylation sites is 1. The zero-order valence-corrected chi connectivity index (χ0v) is 18.0. The summed E-state index contributed by atoms with van der Waals surface area (Å²) in [4.78, 5) is 14.0. The lowest BCUT2D eigenvalue weighted by molar-refractivity contribution is -0.143. The number of fused-ring (bicyclic) bond motifs is 5. The van der Waals surface area contributed by atoms with E-state index < -0.39 is 5.41 Å². The minimum atomic E-state index is -0.457. The molecule has 32 heavy (non-hydrogen) atoms. The lowest BCUT2D eigenvalue weighted by atomic mass is 9.34. The fourth-order valence-corrected chi connectivity index (χ4v) is 7.14. The first-order valence-corrected chi connectivity index (χ1v) is 11.4. The standard InChI is InChI=1S/C29H24N2O/c1-28(27(32)30-25-16-9-17-31(25)19-10-3-2-4-11-19)18-24-20-12-5-6-13-21(20)26-22-14-7-8-15-23(22)29(24,26)28/h2-17,24,26H,18H2,1H3,(H,30,32). The summed E-state index contributed by atoms with van der Waals surface area (Å²) < 4.78 is 2.05. The fraction of sp³-hybridized carbons (Fsp3) is 0.207. The van der Waals surface area contributed by atoms with Crippen LogP contribution in [0, 0.1) is 5.41 Å². The van der Waals surface area contributed by atoms with Gasteiger partial charge in [0, 0.05) is 23.2 Å². The van der Waals surface area contributed by atoms with Gasteiger partial charge in [-0.2, -0.15) is 0 Å². The first-order valence-electron chi connectivity index (χ1n) is 11.4. The predicted octanol–water partition coefficient (Wildman–Crippen LogP) is 6.01. The number of amides is 1. The number of benzene rings is 3. The molecule has 1 fully saturated rings. The molecule has 1 aromatic heterocycles. The third-order valence-electron chi connectivity index (χ3n) is 8.46. The van der Waals surface area contributed by atoms with Crippen molar-refractivity contribution in [2.75, 3.05) is 5.32 Å². The molecule has 1 heterocycles. The van der Waals surface area contributed by atoms with E-state index in [9.17, 15) is 4.79 Å². The number of nitrogens with one attached hydrogen (secondary N) is 1. The first kappa shape index (κ1) is 18.0. The summed E-state index contributed by atoms with van der Waals surface area (Å²) in [5, 5.41) is 3.31. The number of hydrogen-bond donors (Lipinski definition) is 1. The summed E-state index contributed by atoms with van der Waals surface area (Å²) in [6.07, 6.45) is 2.88. The molecule has 3 aliphatic carbocycles. The molecule has 4 unspecified atom stereocenters. The Labute approximate surface area is 187 Å². The lowest BCUT2D eigenvalue weighted by Crippen LogP contribution is -2.68. The van der Waals surface area contributed by atoms with E-state index in [-0.39, 0.29) is 11.3 Å². The zero-order chi connectivity index (χ0) is 21.5. The van der Waals surface area contributed by atoms with Crippen molar-refractivity contribution in [3.8, 4) is 5.69 Å². The average Bonchev–Trinajstić information content (AvgIpc) is 3.34. The Morgan fingerprint density at radius 1 is 0.844 bits per heavy atom. The summed E-state index contributed by atoms with van der Waals surface area (Å²) in [6.45, 7) is 2.18. The summed E-state index contributed by atoms with van der Waals surface area (Å²) in [5.41, 5.74) is 6.07. The lowest BCUT2D eigenvalue weighted by Gasteiger charge is -2.67. The van der Waals surface area contributed by atoms with Crippen molar-refractivity contribution in [1.82, 2.24) is 4.57 Å². The molecule has 0 bridgehead atoms. The molecule has 156 valence electrons. The average molecular weight is 417 g/mol. The van der Waals surface area contributed by atoms with Crippen molar-refractivity contribution in [2.24, 2.45) is 5.41 Å². The summed E-state index contributed by atoms with van der Waals surface area (Å²) >= 11 is 0. The van der Waals surface area contributed by atoms with Gasteiger partial charge >= 0.3 is 0 Å². The second kappa shape index (κ2) is 6.01. The Hall–Kier alpha value is -3.59. The second-order valence-corrected chi connectivity index (χ2v) is 9.66. The molecule has 0 radical (unpaired) electrons. The van der Waals surface area contributed by atoms with E-state index >= 15 is 0 Å². The number of anilines is 1. The predicted molar refractivity (Wildman–Crippen MR) is 126 cm³/mol. The molecular formula is C29H24N2O. The Balaban J connectivity index is 1.30. The molecule has 1 N–H and O–H groups in total. The third kappa shape index (κ3) is 1.91. The molecule has 4 aromatic rings. The summed E-state index contributed by atoms with van der Waals surface area (Å²) in [7, 11) is 0. The molecule has 1 spiro atoms. The number of nitrogens with zero attached hydrogens (tertiary/aromatic N) is 1. The van der Waals surface area contributed by atoms with Crippen LogP contribution in [0.1, 0.15) is 47.4 Å². The van der Waals surface area contributed by atoms with E-state index in [1.165, 1.54) is 22.3 Å². The monoisotopic (exact) mass is 416 g/mol. The number of aromatic nitrogens is 1. The molecule has 1 amide bonds. The maximum Gasteiger partial charge on any atom is 0.232 e. The molecule has 4 atom stereocenters. The van der Waals surface area contributed by atoms with Gasteiger partial charge < -0.3 is 9.88 Å². The van der Waals surface area contributed by atoms with E-state index in [4.69, 9.17) is 0 Å². The van der Waals surface area contributed by atoms with Crippen LogP contribution in [0.3, 0.4) is 0 Å². The maximum absolute atomic E-state index is 14.0. The number of carbonyl (C=O) groups excluding carboxylic acids is 1. The van der Waals surface area contributed by atoms with Gasteiger partial charge in [-0.15, -0.1) is 0 Å². The van der Waals surface area contributed by atoms with E-state index in [2.05, 4.69) is 72.9 Å². The molecule has 0 saturated heterocycles. The van der Waals surface area contributed by atoms with Gasteiger partial charge in [0.2, 0.25) is 5.91 Å². The van der Waals surface area contributed by atoms with E-state index in [1.807, 2.05) is 41.1 Å². The highest BCUT2D eigenvalue weighted by molar-refractivity contribution is 5.99. The Morgan fingerprint density at radius 3 is 2.34 bits per heavy atom. The van der Waals surface area contributed by atoms with Gasteiger partial charge in [0.25, 0.3) is 0 Å². The summed E-state index contributed by atoms with van der Waals surface area (Å²) in [5.74, 6) is 1.67. The number of carbonyl (C=O) groups is 1. The first-order chi connectivity index (χ1) is 15.7. The molecule has 3 aliphatic rings. The van der Waals surface area contributed by atoms with Gasteiger partial charge in [0.05, 0.1) is 5.41 Å². The highest BCUT2D eigenvalue weighted by atomic mass is 16.2. The van der Waals surface area contributed by atoms with E-state index in [0.29, 0.717) is 11.8 Å². The third-order valence-corrected chi connectivity index (χ3v) is 8.46. The molecule has 3 heteroatoms. The van der Waals surface area contributed by atoms with Gasteiger partial charge in [0.1, 0.15) is 5.82 Å². The van der Waals surface area contributed by atoms with Crippen LogP contribution in [-0.4, -0.2) is 10.5 Å². The van der Waals surface area contributed by atoms with Crippen LogP contribution < -0.4 is 5.32 Å². The van der Waals surface area contributed by atoms with Crippen LogP contribution in [-0.2, 0) is 10.2 Å². The molecule has 3 aromatic carbocycles. The summed E-state index contributed by atoms with van der Waals surface area (Å²) in [6, 6.07) is 31.7. The van der Waals surface area contributed by atoms with Crippen LogP contribution in [0.5, 0.6) is 0 Å². The van der Waals surface area contributed by atoms with Crippen LogP contribution in [0.2, 0.25) is 0 Å². The van der Waals surface area contributed by atoms with E-state index in [1.54, 1.807) is 0 Å². The molecule has 7 rings (SSSR count). The minimum absolute atomic E-state index is 0.122. The van der Waals surface area contributed by atoms with Crippen molar-refractivity contribution in [3.63, 3.8) is 0 Å².